The molecule has 0 aliphatic heterocycles. The van der Waals surface area contributed by atoms with Crippen molar-refractivity contribution in [2.45, 2.75) is 6.04 Å². The molecule has 20 heavy (non-hydrogen) atoms. The third-order valence-corrected chi connectivity index (χ3v) is 3.47. The van der Waals surface area contributed by atoms with Gasteiger partial charge < -0.3 is 11.1 Å². The number of primary amides is 1. The van der Waals surface area contributed by atoms with Crippen molar-refractivity contribution in [1.82, 2.24) is 0 Å². The van der Waals surface area contributed by atoms with Crippen LogP contribution >= 0.6 is 27.5 Å². The third kappa shape index (κ3) is 3.49. The lowest BCUT2D eigenvalue weighted by Gasteiger charge is -2.18. The highest BCUT2D eigenvalue weighted by molar-refractivity contribution is 9.10. The number of hydrogen-bond acceptors (Lipinski definition) is 2. The molecule has 3 N–H and O–H groups in total. The zero-order chi connectivity index (χ0) is 14.7. The first-order valence-electron chi connectivity index (χ1n) is 5.74. The van der Waals surface area contributed by atoms with Crippen LogP contribution in [0.4, 0.5) is 10.1 Å². The molecule has 0 aromatic heterocycles. The molecule has 0 heterocycles. The molecular formula is C14H11BrClFN2O. The van der Waals surface area contributed by atoms with Gasteiger partial charge in [-0.1, -0.05) is 27.5 Å². The number of anilines is 1. The van der Waals surface area contributed by atoms with Crippen molar-refractivity contribution in [2.75, 3.05) is 5.32 Å². The fraction of sp³-hybridized carbons (Fsp3) is 0.0714. The van der Waals surface area contributed by atoms with Crippen LogP contribution < -0.4 is 11.1 Å². The summed E-state index contributed by atoms with van der Waals surface area (Å²) in [6.45, 7) is 0. The first-order chi connectivity index (χ1) is 9.47. The lowest BCUT2D eigenvalue weighted by atomic mass is 10.1. The van der Waals surface area contributed by atoms with E-state index in [1.165, 1.54) is 18.2 Å². The molecule has 0 saturated carbocycles. The van der Waals surface area contributed by atoms with Crippen LogP contribution in [0.1, 0.15) is 11.6 Å². The summed E-state index contributed by atoms with van der Waals surface area (Å²) >= 11 is 9.15. The Bertz CT molecular complexity index is 634. The van der Waals surface area contributed by atoms with Gasteiger partial charge in [-0.3, -0.25) is 4.79 Å². The molecule has 0 radical (unpaired) electrons. The van der Waals surface area contributed by atoms with E-state index in [0.29, 0.717) is 10.7 Å². The molecule has 1 atom stereocenters. The Kier molecular flexibility index (Phi) is 4.62. The van der Waals surface area contributed by atoms with Crippen molar-refractivity contribution in [3.8, 4) is 0 Å². The van der Waals surface area contributed by atoms with E-state index in [9.17, 15) is 9.18 Å². The first-order valence-corrected chi connectivity index (χ1v) is 6.91. The lowest BCUT2D eigenvalue weighted by molar-refractivity contribution is -0.118. The second-order valence-corrected chi connectivity index (χ2v) is 5.50. The summed E-state index contributed by atoms with van der Waals surface area (Å²) in [7, 11) is 0. The second kappa shape index (κ2) is 6.24. The molecule has 0 aliphatic rings. The topological polar surface area (TPSA) is 55.1 Å². The Labute approximate surface area is 129 Å². The van der Waals surface area contributed by atoms with Gasteiger partial charge in [-0.15, -0.1) is 0 Å². The van der Waals surface area contributed by atoms with Gasteiger partial charge in [0.15, 0.2) is 0 Å². The quantitative estimate of drug-likeness (QED) is 0.872. The second-order valence-electron chi connectivity index (χ2n) is 4.15. The van der Waals surface area contributed by atoms with Gasteiger partial charge in [0, 0.05) is 20.7 Å². The average Bonchev–Trinajstić information content (AvgIpc) is 2.41. The van der Waals surface area contributed by atoms with E-state index in [2.05, 4.69) is 21.2 Å². The minimum absolute atomic E-state index is 0.118. The number of nitrogens with one attached hydrogen (secondary N) is 1. The minimum Gasteiger partial charge on any atom is -0.370 e. The Morgan fingerprint density at radius 3 is 2.50 bits per heavy atom. The minimum atomic E-state index is -0.991. The molecule has 3 nitrogen and oxygen atoms in total. The standard InChI is InChI=1S/C14H11BrClFN2O/c15-8-1-4-10(5-2-8)19-13(14(18)20)11-7-9(16)3-6-12(11)17/h1-7,13,19H,(H2,18,20). The maximum absolute atomic E-state index is 13.8. The Morgan fingerprint density at radius 1 is 1.25 bits per heavy atom. The molecule has 6 heteroatoms. The molecule has 0 bridgehead atoms. The summed E-state index contributed by atoms with van der Waals surface area (Å²) < 4.78 is 14.7. The number of rotatable bonds is 4. The van der Waals surface area contributed by atoms with E-state index in [-0.39, 0.29) is 5.56 Å². The van der Waals surface area contributed by atoms with Crippen LogP contribution in [0.2, 0.25) is 5.02 Å². The Hall–Kier alpha value is -1.59. The average molecular weight is 358 g/mol. The van der Waals surface area contributed by atoms with Crippen LogP contribution in [-0.2, 0) is 4.79 Å². The summed E-state index contributed by atoms with van der Waals surface area (Å²) in [5, 5.41) is 3.23. The van der Waals surface area contributed by atoms with Crippen LogP contribution in [0.15, 0.2) is 46.9 Å². The van der Waals surface area contributed by atoms with Crippen molar-refractivity contribution in [2.24, 2.45) is 5.73 Å². The molecule has 1 unspecified atom stereocenters. The highest BCUT2D eigenvalue weighted by atomic mass is 79.9. The summed E-state index contributed by atoms with van der Waals surface area (Å²) in [6, 6.07) is 10.1. The van der Waals surface area contributed by atoms with Crippen molar-refractivity contribution < 1.29 is 9.18 Å². The monoisotopic (exact) mass is 356 g/mol. The van der Waals surface area contributed by atoms with Gasteiger partial charge in [-0.2, -0.15) is 0 Å². The number of amides is 1. The smallest absolute Gasteiger partial charge is 0.244 e. The molecule has 0 fully saturated rings. The third-order valence-electron chi connectivity index (χ3n) is 2.71. The fourth-order valence-electron chi connectivity index (χ4n) is 1.75. The summed E-state index contributed by atoms with van der Waals surface area (Å²) in [6.07, 6.45) is 0. The maximum Gasteiger partial charge on any atom is 0.244 e. The van der Waals surface area contributed by atoms with E-state index in [4.69, 9.17) is 17.3 Å². The zero-order valence-corrected chi connectivity index (χ0v) is 12.6. The van der Waals surface area contributed by atoms with Gasteiger partial charge in [-0.05, 0) is 42.5 Å². The fourth-order valence-corrected chi connectivity index (χ4v) is 2.20. The number of nitrogens with two attached hydrogens (primary N) is 1. The van der Waals surface area contributed by atoms with E-state index in [0.717, 1.165) is 4.47 Å². The van der Waals surface area contributed by atoms with Gasteiger partial charge in [0.2, 0.25) is 5.91 Å². The Morgan fingerprint density at radius 2 is 1.90 bits per heavy atom. The van der Waals surface area contributed by atoms with E-state index in [1.807, 2.05) is 0 Å². The number of benzene rings is 2. The molecule has 104 valence electrons. The zero-order valence-electron chi connectivity index (χ0n) is 10.2. The van der Waals surface area contributed by atoms with Crippen LogP contribution in [0.3, 0.4) is 0 Å². The summed E-state index contributed by atoms with van der Waals surface area (Å²) in [5.41, 5.74) is 6.11. The summed E-state index contributed by atoms with van der Waals surface area (Å²) in [4.78, 5) is 11.6. The maximum atomic E-state index is 13.8. The van der Waals surface area contributed by atoms with Gasteiger partial charge in [0.1, 0.15) is 11.9 Å². The van der Waals surface area contributed by atoms with Crippen LogP contribution in [0.5, 0.6) is 0 Å². The normalized spacial score (nSPS) is 11.9. The van der Waals surface area contributed by atoms with Crippen molar-refractivity contribution in [3.63, 3.8) is 0 Å². The van der Waals surface area contributed by atoms with E-state index >= 15 is 0 Å². The number of hydrogen-bond donors (Lipinski definition) is 2. The molecule has 0 aliphatic carbocycles. The van der Waals surface area contributed by atoms with Crippen molar-refractivity contribution >= 4 is 39.1 Å². The molecule has 2 aromatic rings. The largest absolute Gasteiger partial charge is 0.370 e. The Balaban J connectivity index is 2.34. The van der Waals surface area contributed by atoms with E-state index < -0.39 is 17.8 Å². The molecule has 2 rings (SSSR count). The SMILES string of the molecule is NC(=O)C(Nc1ccc(Br)cc1)c1cc(Cl)ccc1F. The summed E-state index contributed by atoms with van der Waals surface area (Å²) in [5.74, 6) is -1.23. The van der Waals surface area contributed by atoms with Gasteiger partial charge in [0.05, 0.1) is 0 Å². The van der Waals surface area contributed by atoms with Crippen LogP contribution in [0, 0.1) is 5.82 Å². The predicted octanol–water partition coefficient (Wildman–Crippen LogP) is 3.88. The van der Waals surface area contributed by atoms with Crippen molar-refractivity contribution in [1.29, 1.82) is 0 Å². The van der Waals surface area contributed by atoms with Crippen molar-refractivity contribution in [3.05, 3.63) is 63.3 Å². The molecular weight excluding hydrogens is 347 g/mol. The predicted molar refractivity (Wildman–Crippen MR) is 81.1 cm³/mol. The van der Waals surface area contributed by atoms with Gasteiger partial charge in [0.25, 0.3) is 0 Å². The lowest BCUT2D eigenvalue weighted by Crippen LogP contribution is -2.28. The highest BCUT2D eigenvalue weighted by Gasteiger charge is 2.21. The molecule has 0 saturated heterocycles. The number of carbonyl (C=O) groups excluding carboxylic acids is 1. The highest BCUT2D eigenvalue weighted by Crippen LogP contribution is 2.25. The number of carbonyl (C=O) groups is 1. The molecule has 0 spiro atoms. The van der Waals surface area contributed by atoms with Gasteiger partial charge in [-0.25, -0.2) is 4.39 Å². The van der Waals surface area contributed by atoms with Crippen LogP contribution in [-0.4, -0.2) is 5.91 Å². The number of halogens is 3. The first kappa shape index (κ1) is 14.8. The molecule has 1 amide bonds. The van der Waals surface area contributed by atoms with Crippen LogP contribution in [0.25, 0.3) is 0 Å². The van der Waals surface area contributed by atoms with E-state index in [1.54, 1.807) is 24.3 Å². The molecule has 2 aromatic carbocycles. The van der Waals surface area contributed by atoms with Gasteiger partial charge >= 0.3 is 0 Å².